The predicted molar refractivity (Wildman–Crippen MR) is 117 cm³/mol. The summed E-state index contributed by atoms with van der Waals surface area (Å²) in [5, 5.41) is 12.4. The van der Waals surface area contributed by atoms with Gasteiger partial charge in [-0.3, -0.25) is 4.79 Å². The number of ether oxygens (including phenoxy) is 1. The van der Waals surface area contributed by atoms with Crippen LogP contribution < -0.4 is 15.0 Å². The average Bonchev–Trinajstić information content (AvgIpc) is 3.15. The van der Waals surface area contributed by atoms with E-state index in [1.54, 1.807) is 6.07 Å². The first-order valence-corrected chi connectivity index (χ1v) is 10.7. The standard InChI is InChI=1S/C24H25F3N2O3/c25-24(26,27)17-8-9-21-16(4-3-11-32-22(21)13-17)12-23(31)28-18-5-1-6-19(14-18)29-10-2-7-20(29)15-30/h1,5-6,8-9,12-14,20,30H,2-4,7,10-11,15H2,(H,28,31). The van der Waals surface area contributed by atoms with Crippen molar-refractivity contribution in [3.05, 3.63) is 59.7 Å². The highest BCUT2D eigenvalue weighted by atomic mass is 19.4. The Balaban J connectivity index is 1.54. The molecule has 2 N–H and O–H groups in total. The largest absolute Gasteiger partial charge is 0.493 e. The molecule has 1 saturated heterocycles. The van der Waals surface area contributed by atoms with E-state index in [1.807, 2.05) is 18.2 Å². The van der Waals surface area contributed by atoms with Crippen LogP contribution >= 0.6 is 0 Å². The smallest absolute Gasteiger partial charge is 0.416 e. The predicted octanol–water partition coefficient (Wildman–Crippen LogP) is 4.86. The van der Waals surface area contributed by atoms with Crippen LogP contribution in [0.5, 0.6) is 5.75 Å². The number of aliphatic hydroxyl groups is 1. The molecule has 170 valence electrons. The minimum absolute atomic E-state index is 0.0761. The number of fused-ring (bicyclic) bond motifs is 1. The first kappa shape index (κ1) is 22.2. The van der Waals surface area contributed by atoms with E-state index in [-0.39, 0.29) is 30.9 Å². The van der Waals surface area contributed by atoms with E-state index >= 15 is 0 Å². The van der Waals surface area contributed by atoms with Crippen molar-refractivity contribution >= 4 is 22.9 Å². The van der Waals surface area contributed by atoms with Crippen molar-refractivity contribution < 1.29 is 27.8 Å². The fourth-order valence-electron chi connectivity index (χ4n) is 4.28. The number of hydrogen-bond donors (Lipinski definition) is 2. The van der Waals surface area contributed by atoms with E-state index < -0.39 is 11.7 Å². The molecule has 2 aromatic carbocycles. The number of anilines is 2. The quantitative estimate of drug-likeness (QED) is 0.659. The number of rotatable bonds is 4. The molecule has 5 nitrogen and oxygen atoms in total. The minimum Gasteiger partial charge on any atom is -0.493 e. The van der Waals surface area contributed by atoms with Gasteiger partial charge >= 0.3 is 6.18 Å². The maximum atomic E-state index is 13.0. The van der Waals surface area contributed by atoms with E-state index in [2.05, 4.69) is 10.2 Å². The van der Waals surface area contributed by atoms with Gasteiger partial charge in [0.25, 0.3) is 0 Å². The molecule has 1 fully saturated rings. The van der Waals surface area contributed by atoms with Gasteiger partial charge in [0.15, 0.2) is 0 Å². The number of nitrogens with one attached hydrogen (secondary N) is 1. The van der Waals surface area contributed by atoms with Crippen LogP contribution in [0.1, 0.15) is 36.8 Å². The Morgan fingerprint density at radius 1 is 1.22 bits per heavy atom. The minimum atomic E-state index is -4.46. The van der Waals surface area contributed by atoms with E-state index in [0.717, 1.165) is 37.2 Å². The van der Waals surface area contributed by atoms with Crippen LogP contribution in [-0.2, 0) is 11.0 Å². The van der Waals surface area contributed by atoms with Crippen molar-refractivity contribution in [3.8, 4) is 5.75 Å². The van der Waals surface area contributed by atoms with Crippen LogP contribution in [0.3, 0.4) is 0 Å². The van der Waals surface area contributed by atoms with Crippen LogP contribution in [0.2, 0.25) is 0 Å². The third-order valence-corrected chi connectivity index (χ3v) is 5.84. The topological polar surface area (TPSA) is 61.8 Å². The molecule has 1 amide bonds. The molecule has 0 aliphatic carbocycles. The Bertz CT molecular complexity index is 1020. The zero-order valence-electron chi connectivity index (χ0n) is 17.5. The summed E-state index contributed by atoms with van der Waals surface area (Å²) in [6.07, 6.45) is 0.0310. The number of amides is 1. The fraction of sp³-hybridized carbons (Fsp3) is 0.375. The van der Waals surface area contributed by atoms with Crippen LogP contribution in [-0.4, -0.2) is 36.8 Å². The number of benzene rings is 2. The second kappa shape index (κ2) is 9.24. The van der Waals surface area contributed by atoms with Crippen molar-refractivity contribution in [2.24, 2.45) is 0 Å². The molecule has 4 rings (SSSR count). The van der Waals surface area contributed by atoms with Crippen LogP contribution in [0.15, 0.2) is 48.5 Å². The first-order valence-electron chi connectivity index (χ1n) is 10.7. The Hall–Kier alpha value is -3.00. The van der Waals surface area contributed by atoms with Gasteiger partial charge < -0.3 is 20.1 Å². The summed E-state index contributed by atoms with van der Waals surface area (Å²) < 4.78 is 44.7. The number of halogens is 3. The lowest BCUT2D eigenvalue weighted by Gasteiger charge is -2.25. The van der Waals surface area contributed by atoms with Crippen LogP contribution in [0.25, 0.3) is 5.57 Å². The highest BCUT2D eigenvalue weighted by Gasteiger charge is 2.32. The summed E-state index contributed by atoms with van der Waals surface area (Å²) in [4.78, 5) is 14.9. The molecule has 0 saturated carbocycles. The van der Waals surface area contributed by atoms with Gasteiger partial charge in [0.2, 0.25) is 5.91 Å². The van der Waals surface area contributed by atoms with E-state index in [1.165, 1.54) is 12.1 Å². The Morgan fingerprint density at radius 2 is 2.06 bits per heavy atom. The van der Waals surface area contributed by atoms with Gasteiger partial charge in [-0.15, -0.1) is 0 Å². The molecular formula is C24H25F3N2O3. The maximum Gasteiger partial charge on any atom is 0.416 e. The van der Waals surface area contributed by atoms with Crippen LogP contribution in [0, 0.1) is 0 Å². The van der Waals surface area contributed by atoms with Gasteiger partial charge in [-0.1, -0.05) is 12.1 Å². The molecule has 32 heavy (non-hydrogen) atoms. The third-order valence-electron chi connectivity index (χ3n) is 5.84. The second-order valence-corrected chi connectivity index (χ2v) is 8.04. The number of nitrogens with zero attached hydrogens (tertiary/aromatic N) is 1. The van der Waals surface area contributed by atoms with Crippen molar-refractivity contribution in [2.45, 2.75) is 37.9 Å². The van der Waals surface area contributed by atoms with Crippen molar-refractivity contribution in [2.75, 3.05) is 30.0 Å². The van der Waals surface area contributed by atoms with E-state index in [9.17, 15) is 23.1 Å². The maximum absolute atomic E-state index is 13.0. The number of carbonyl (C=O) groups is 1. The molecular weight excluding hydrogens is 421 g/mol. The van der Waals surface area contributed by atoms with Gasteiger partial charge in [-0.25, -0.2) is 0 Å². The number of carbonyl (C=O) groups excluding carboxylic acids is 1. The summed E-state index contributed by atoms with van der Waals surface area (Å²) in [6.45, 7) is 1.22. The summed E-state index contributed by atoms with van der Waals surface area (Å²) in [5.74, 6) is -0.215. The van der Waals surface area contributed by atoms with Gasteiger partial charge in [-0.05, 0) is 61.6 Å². The van der Waals surface area contributed by atoms with E-state index in [4.69, 9.17) is 4.74 Å². The van der Waals surface area contributed by atoms with E-state index in [0.29, 0.717) is 29.7 Å². The lowest BCUT2D eigenvalue weighted by molar-refractivity contribution is -0.137. The zero-order valence-corrected chi connectivity index (χ0v) is 17.5. The normalized spacial score (nSPS) is 19.9. The van der Waals surface area contributed by atoms with Gasteiger partial charge in [0.05, 0.1) is 24.8 Å². The molecule has 2 aliphatic heterocycles. The molecule has 2 aliphatic rings. The van der Waals surface area contributed by atoms with Crippen molar-refractivity contribution in [1.82, 2.24) is 0 Å². The first-order chi connectivity index (χ1) is 15.3. The molecule has 2 heterocycles. The second-order valence-electron chi connectivity index (χ2n) is 8.04. The number of allylic oxidation sites excluding steroid dienone is 1. The highest BCUT2D eigenvalue weighted by molar-refractivity contribution is 6.04. The SMILES string of the molecule is O=C(C=C1CCCOc2cc(C(F)(F)F)ccc21)Nc1cccc(N2CCCC2CO)c1. The lowest BCUT2D eigenvalue weighted by Crippen LogP contribution is -2.32. The Morgan fingerprint density at radius 3 is 2.84 bits per heavy atom. The summed E-state index contributed by atoms with van der Waals surface area (Å²) in [5.41, 5.74) is 1.91. The van der Waals surface area contributed by atoms with Crippen molar-refractivity contribution in [3.63, 3.8) is 0 Å². The highest BCUT2D eigenvalue weighted by Crippen LogP contribution is 2.38. The molecule has 0 spiro atoms. The number of hydrogen-bond acceptors (Lipinski definition) is 4. The van der Waals surface area contributed by atoms with Gasteiger partial charge in [0, 0.05) is 29.6 Å². The zero-order chi connectivity index (χ0) is 22.7. The fourth-order valence-corrected chi connectivity index (χ4v) is 4.28. The molecule has 1 unspecified atom stereocenters. The summed E-state index contributed by atoms with van der Waals surface area (Å²) in [7, 11) is 0. The van der Waals surface area contributed by atoms with Gasteiger partial charge in [0.1, 0.15) is 5.75 Å². The van der Waals surface area contributed by atoms with Crippen molar-refractivity contribution in [1.29, 1.82) is 0 Å². The number of alkyl halides is 3. The molecule has 0 aromatic heterocycles. The molecule has 8 heteroatoms. The van der Waals surface area contributed by atoms with Crippen LogP contribution in [0.4, 0.5) is 24.5 Å². The third kappa shape index (κ3) is 4.91. The Labute approximate surface area is 184 Å². The molecule has 1 atom stereocenters. The average molecular weight is 446 g/mol. The lowest BCUT2D eigenvalue weighted by atomic mass is 9.99. The molecule has 0 radical (unpaired) electrons. The molecule has 0 bridgehead atoms. The Kier molecular flexibility index (Phi) is 6.41. The summed E-state index contributed by atoms with van der Waals surface area (Å²) >= 11 is 0. The van der Waals surface area contributed by atoms with Gasteiger partial charge in [-0.2, -0.15) is 13.2 Å². The molecule has 2 aromatic rings. The monoisotopic (exact) mass is 446 g/mol. The summed E-state index contributed by atoms with van der Waals surface area (Å²) in [6, 6.07) is 10.9. The number of aliphatic hydroxyl groups excluding tert-OH is 1.